The van der Waals surface area contributed by atoms with Crippen molar-refractivity contribution in [2.24, 2.45) is 0 Å². The van der Waals surface area contributed by atoms with Crippen molar-refractivity contribution in [2.75, 3.05) is 20.3 Å². The van der Waals surface area contributed by atoms with E-state index < -0.39 is 6.10 Å². The number of nitrogens with zero attached hydrogens (tertiary/aromatic N) is 1. The minimum Gasteiger partial charge on any atom is -0.492 e. The predicted molar refractivity (Wildman–Crippen MR) is 118 cm³/mol. The van der Waals surface area contributed by atoms with Crippen LogP contribution < -0.4 is 4.74 Å². The van der Waals surface area contributed by atoms with Gasteiger partial charge in [-0.05, 0) is 49.2 Å². The van der Waals surface area contributed by atoms with Gasteiger partial charge in [0.05, 0.1) is 13.7 Å². The normalized spacial score (nSPS) is 11.8. The van der Waals surface area contributed by atoms with E-state index in [0.29, 0.717) is 19.6 Å². The second-order valence-corrected chi connectivity index (χ2v) is 7.04. The molecule has 0 bridgehead atoms. The Morgan fingerprint density at radius 3 is 2.40 bits per heavy atom. The molecule has 30 heavy (non-hydrogen) atoms. The molecule has 158 valence electrons. The first-order valence-corrected chi connectivity index (χ1v) is 10.2. The molecule has 0 saturated heterocycles. The number of carbonyl (C=O) groups excluding carboxylic acids is 1. The van der Waals surface area contributed by atoms with Gasteiger partial charge in [0.25, 0.3) is 0 Å². The van der Waals surface area contributed by atoms with Crippen molar-refractivity contribution < 1.29 is 19.0 Å². The van der Waals surface area contributed by atoms with Gasteiger partial charge in [0.15, 0.2) is 6.10 Å². The number of aryl methyl sites for hydroxylation is 1. The number of benzene rings is 2. The molecule has 1 atom stereocenters. The van der Waals surface area contributed by atoms with Crippen LogP contribution in [0.5, 0.6) is 5.75 Å². The van der Waals surface area contributed by atoms with Crippen molar-refractivity contribution >= 4 is 5.97 Å². The molecular weight excluding hydrogens is 378 g/mol. The standard InChI is InChI=1S/C25H29NO4/c1-4-29-24(25(27)28-3)18-20-11-13-22(14-12-20)30-17-16-26-19(2)10-15-23(26)21-8-6-5-7-9-21/h5-15,24H,4,16-18H2,1-3H3/t24-/m1/s1. The average Bonchev–Trinajstić information content (AvgIpc) is 3.15. The number of ether oxygens (including phenoxy) is 3. The number of rotatable bonds is 10. The number of hydrogen-bond donors (Lipinski definition) is 0. The SMILES string of the molecule is CCO[C@H](Cc1ccc(OCCn2c(C)ccc2-c2ccccc2)cc1)C(=O)OC. The van der Waals surface area contributed by atoms with Gasteiger partial charge in [-0.25, -0.2) is 4.79 Å². The largest absolute Gasteiger partial charge is 0.492 e. The van der Waals surface area contributed by atoms with E-state index in [2.05, 4.69) is 47.9 Å². The van der Waals surface area contributed by atoms with Crippen LogP contribution in [0.3, 0.4) is 0 Å². The fourth-order valence-electron chi connectivity index (χ4n) is 3.46. The first kappa shape index (κ1) is 21.7. The van der Waals surface area contributed by atoms with Crippen LogP contribution in [-0.2, 0) is 27.2 Å². The molecule has 0 radical (unpaired) electrons. The lowest BCUT2D eigenvalue weighted by Gasteiger charge is -2.15. The van der Waals surface area contributed by atoms with Gasteiger partial charge < -0.3 is 18.8 Å². The maximum atomic E-state index is 11.8. The molecule has 0 fully saturated rings. The van der Waals surface area contributed by atoms with Gasteiger partial charge in [-0.2, -0.15) is 0 Å². The molecule has 0 spiro atoms. The Bertz CT molecular complexity index is 932. The lowest BCUT2D eigenvalue weighted by molar-refractivity contribution is -0.153. The third-order valence-corrected chi connectivity index (χ3v) is 5.03. The first-order chi connectivity index (χ1) is 14.6. The molecule has 0 aliphatic heterocycles. The summed E-state index contributed by atoms with van der Waals surface area (Å²) in [6.07, 6.45) is -0.107. The second-order valence-electron chi connectivity index (χ2n) is 7.04. The minimum atomic E-state index is -0.583. The maximum Gasteiger partial charge on any atom is 0.335 e. The fraction of sp³-hybridized carbons (Fsp3) is 0.320. The van der Waals surface area contributed by atoms with Gasteiger partial charge in [-0.1, -0.05) is 42.5 Å². The van der Waals surface area contributed by atoms with Crippen molar-refractivity contribution in [3.63, 3.8) is 0 Å². The van der Waals surface area contributed by atoms with Crippen LogP contribution in [-0.4, -0.2) is 37.0 Å². The van der Waals surface area contributed by atoms with Crippen LogP contribution in [0.15, 0.2) is 66.7 Å². The van der Waals surface area contributed by atoms with Crippen LogP contribution in [0.4, 0.5) is 0 Å². The van der Waals surface area contributed by atoms with E-state index in [4.69, 9.17) is 14.2 Å². The van der Waals surface area contributed by atoms with E-state index >= 15 is 0 Å². The van der Waals surface area contributed by atoms with E-state index in [9.17, 15) is 4.79 Å². The summed E-state index contributed by atoms with van der Waals surface area (Å²) in [7, 11) is 1.38. The zero-order chi connectivity index (χ0) is 21.3. The molecule has 0 aliphatic carbocycles. The van der Waals surface area contributed by atoms with Crippen LogP contribution in [0.2, 0.25) is 0 Å². The summed E-state index contributed by atoms with van der Waals surface area (Å²) in [5.41, 5.74) is 4.60. The van der Waals surface area contributed by atoms with Crippen molar-refractivity contribution in [3.05, 3.63) is 78.0 Å². The van der Waals surface area contributed by atoms with E-state index in [0.717, 1.165) is 17.9 Å². The lowest BCUT2D eigenvalue weighted by atomic mass is 10.1. The molecular formula is C25H29NO4. The van der Waals surface area contributed by atoms with Gasteiger partial charge in [0.2, 0.25) is 0 Å². The van der Waals surface area contributed by atoms with Crippen LogP contribution in [0.1, 0.15) is 18.2 Å². The Balaban J connectivity index is 1.58. The molecule has 0 aliphatic rings. The fourth-order valence-corrected chi connectivity index (χ4v) is 3.46. The second kappa shape index (κ2) is 10.6. The zero-order valence-corrected chi connectivity index (χ0v) is 17.8. The highest BCUT2D eigenvalue weighted by atomic mass is 16.6. The summed E-state index contributed by atoms with van der Waals surface area (Å²) >= 11 is 0. The molecule has 5 nitrogen and oxygen atoms in total. The summed E-state index contributed by atoms with van der Waals surface area (Å²) in [6.45, 7) is 5.77. The summed E-state index contributed by atoms with van der Waals surface area (Å²) in [5.74, 6) is 0.448. The van der Waals surface area contributed by atoms with E-state index in [-0.39, 0.29) is 5.97 Å². The highest BCUT2D eigenvalue weighted by Crippen LogP contribution is 2.22. The molecule has 0 amide bonds. The molecule has 2 aromatic carbocycles. The van der Waals surface area contributed by atoms with Gasteiger partial charge in [0, 0.05) is 24.4 Å². The summed E-state index contributed by atoms with van der Waals surface area (Å²) < 4.78 is 18.5. The lowest BCUT2D eigenvalue weighted by Crippen LogP contribution is -2.28. The Morgan fingerprint density at radius 1 is 1.00 bits per heavy atom. The van der Waals surface area contributed by atoms with Gasteiger partial charge in [0.1, 0.15) is 12.4 Å². The average molecular weight is 408 g/mol. The number of esters is 1. The summed E-state index contributed by atoms with van der Waals surface area (Å²) in [4.78, 5) is 11.8. The molecule has 0 N–H and O–H groups in total. The summed E-state index contributed by atoms with van der Waals surface area (Å²) in [6, 6.07) is 22.4. The minimum absolute atomic E-state index is 0.353. The van der Waals surface area contributed by atoms with Gasteiger partial charge in [-0.15, -0.1) is 0 Å². The number of aromatic nitrogens is 1. The third kappa shape index (κ3) is 5.51. The van der Waals surface area contributed by atoms with E-state index in [1.807, 2.05) is 37.3 Å². The Hall–Kier alpha value is -3.05. The van der Waals surface area contributed by atoms with Crippen molar-refractivity contribution in [1.82, 2.24) is 4.57 Å². The topological polar surface area (TPSA) is 49.7 Å². The maximum absolute atomic E-state index is 11.8. The monoisotopic (exact) mass is 407 g/mol. The zero-order valence-electron chi connectivity index (χ0n) is 17.8. The third-order valence-electron chi connectivity index (χ3n) is 5.03. The molecule has 1 heterocycles. The van der Waals surface area contributed by atoms with Gasteiger partial charge >= 0.3 is 5.97 Å². The number of methoxy groups -OCH3 is 1. The smallest absolute Gasteiger partial charge is 0.335 e. The molecule has 5 heteroatoms. The quantitative estimate of drug-likeness (QED) is 0.459. The molecule has 0 unspecified atom stereocenters. The van der Waals surface area contributed by atoms with Crippen molar-refractivity contribution in [1.29, 1.82) is 0 Å². The Morgan fingerprint density at radius 2 is 1.73 bits per heavy atom. The van der Waals surface area contributed by atoms with Crippen molar-refractivity contribution in [3.8, 4) is 17.0 Å². The molecule has 1 aromatic heterocycles. The van der Waals surface area contributed by atoms with Gasteiger partial charge in [-0.3, -0.25) is 0 Å². The van der Waals surface area contributed by atoms with Crippen LogP contribution >= 0.6 is 0 Å². The van der Waals surface area contributed by atoms with E-state index in [1.165, 1.54) is 24.1 Å². The van der Waals surface area contributed by atoms with Crippen LogP contribution in [0.25, 0.3) is 11.3 Å². The van der Waals surface area contributed by atoms with Crippen molar-refractivity contribution in [2.45, 2.75) is 32.9 Å². The molecule has 3 aromatic rings. The Labute approximate surface area is 178 Å². The number of carbonyl (C=O) groups is 1. The number of hydrogen-bond acceptors (Lipinski definition) is 4. The highest BCUT2D eigenvalue weighted by molar-refractivity contribution is 5.75. The highest BCUT2D eigenvalue weighted by Gasteiger charge is 2.19. The summed E-state index contributed by atoms with van der Waals surface area (Å²) in [5, 5.41) is 0. The van der Waals surface area contributed by atoms with E-state index in [1.54, 1.807) is 0 Å². The Kier molecular flexibility index (Phi) is 7.69. The molecule has 0 saturated carbocycles. The van der Waals surface area contributed by atoms with Crippen LogP contribution in [0, 0.1) is 6.92 Å². The predicted octanol–water partition coefficient (Wildman–Crippen LogP) is 4.66. The molecule has 3 rings (SSSR count). The first-order valence-electron chi connectivity index (χ1n) is 10.2.